The highest BCUT2D eigenvalue weighted by molar-refractivity contribution is 7.89. The third kappa shape index (κ3) is 4.08. The maximum atomic E-state index is 12.5. The molecule has 1 aromatic heterocycles. The van der Waals surface area contributed by atoms with Gasteiger partial charge in [0.05, 0.1) is 6.54 Å². The Morgan fingerprint density at radius 1 is 1.33 bits per heavy atom. The highest BCUT2D eigenvalue weighted by Crippen LogP contribution is 2.27. The van der Waals surface area contributed by atoms with Crippen LogP contribution in [0.3, 0.4) is 0 Å². The van der Waals surface area contributed by atoms with Gasteiger partial charge in [0.15, 0.2) is 0 Å². The number of hydrogen-bond acceptors (Lipinski definition) is 4. The summed E-state index contributed by atoms with van der Waals surface area (Å²) in [5.74, 6) is 1.21. The second-order valence-electron chi connectivity index (χ2n) is 6.21. The van der Waals surface area contributed by atoms with E-state index in [0.717, 1.165) is 32.2 Å². The van der Waals surface area contributed by atoms with E-state index >= 15 is 0 Å². The number of sulfonamides is 1. The molecule has 0 bridgehead atoms. The van der Waals surface area contributed by atoms with Crippen molar-refractivity contribution in [2.24, 2.45) is 5.92 Å². The molecule has 1 fully saturated rings. The van der Waals surface area contributed by atoms with E-state index in [4.69, 9.17) is 4.42 Å². The summed E-state index contributed by atoms with van der Waals surface area (Å²) in [6.45, 7) is 5.69. The SMILES string of the molecule is CC(C)CNCc1ccc(S(=O)(=O)N(C)C2CCCC2)o1. The third-order valence-electron chi connectivity index (χ3n) is 3.96. The van der Waals surface area contributed by atoms with Crippen molar-refractivity contribution in [3.8, 4) is 0 Å². The zero-order valence-corrected chi connectivity index (χ0v) is 13.9. The molecule has 0 aromatic carbocycles. The summed E-state index contributed by atoms with van der Waals surface area (Å²) in [4.78, 5) is 0. The summed E-state index contributed by atoms with van der Waals surface area (Å²) in [5.41, 5.74) is 0. The normalized spacial score (nSPS) is 17.2. The molecule has 0 spiro atoms. The fourth-order valence-electron chi connectivity index (χ4n) is 2.68. The van der Waals surface area contributed by atoms with Gasteiger partial charge in [0, 0.05) is 13.1 Å². The van der Waals surface area contributed by atoms with Crippen LogP contribution in [0.15, 0.2) is 21.6 Å². The van der Waals surface area contributed by atoms with Gasteiger partial charge in [-0.25, -0.2) is 8.42 Å². The molecule has 21 heavy (non-hydrogen) atoms. The van der Waals surface area contributed by atoms with Crippen molar-refractivity contribution in [2.75, 3.05) is 13.6 Å². The average Bonchev–Trinajstić information content (AvgIpc) is 3.08. The molecule has 0 radical (unpaired) electrons. The second-order valence-corrected chi connectivity index (χ2v) is 8.13. The lowest BCUT2D eigenvalue weighted by Gasteiger charge is -2.22. The molecule has 0 saturated heterocycles. The van der Waals surface area contributed by atoms with Gasteiger partial charge in [0.2, 0.25) is 5.09 Å². The Balaban J connectivity index is 2.01. The lowest BCUT2D eigenvalue weighted by molar-refractivity contribution is 0.342. The molecule has 6 heteroatoms. The number of rotatable bonds is 7. The Labute approximate surface area is 127 Å². The highest BCUT2D eigenvalue weighted by atomic mass is 32.2. The fourth-order valence-corrected chi connectivity index (χ4v) is 4.02. The van der Waals surface area contributed by atoms with Gasteiger partial charge in [-0.2, -0.15) is 4.31 Å². The topological polar surface area (TPSA) is 62.6 Å². The number of nitrogens with one attached hydrogen (secondary N) is 1. The number of furan rings is 1. The van der Waals surface area contributed by atoms with Crippen molar-refractivity contribution in [1.82, 2.24) is 9.62 Å². The highest BCUT2D eigenvalue weighted by Gasteiger charge is 2.32. The van der Waals surface area contributed by atoms with Gasteiger partial charge in [-0.3, -0.25) is 0 Å². The molecule has 1 aliphatic rings. The summed E-state index contributed by atoms with van der Waals surface area (Å²) >= 11 is 0. The molecule has 1 aliphatic carbocycles. The van der Waals surface area contributed by atoms with Crippen LogP contribution < -0.4 is 5.32 Å². The van der Waals surface area contributed by atoms with Crippen molar-refractivity contribution in [2.45, 2.75) is 57.2 Å². The van der Waals surface area contributed by atoms with Crippen LogP contribution in [0, 0.1) is 5.92 Å². The number of hydrogen-bond donors (Lipinski definition) is 1. The van der Waals surface area contributed by atoms with Crippen LogP contribution in [0.2, 0.25) is 0 Å². The Morgan fingerprint density at radius 3 is 2.62 bits per heavy atom. The lowest BCUT2D eigenvalue weighted by atomic mass is 10.2. The summed E-state index contributed by atoms with van der Waals surface area (Å²) in [6, 6.07) is 3.41. The Kier molecular flexibility index (Phi) is 5.46. The molecule has 1 aromatic rings. The van der Waals surface area contributed by atoms with Gasteiger partial charge in [0.25, 0.3) is 10.0 Å². The molecule has 1 saturated carbocycles. The van der Waals surface area contributed by atoms with E-state index in [0.29, 0.717) is 18.2 Å². The first-order valence-electron chi connectivity index (χ1n) is 7.68. The Morgan fingerprint density at radius 2 is 2.00 bits per heavy atom. The maximum absolute atomic E-state index is 12.5. The van der Waals surface area contributed by atoms with Gasteiger partial charge < -0.3 is 9.73 Å². The van der Waals surface area contributed by atoms with Crippen LogP contribution in [0.1, 0.15) is 45.3 Å². The van der Waals surface area contributed by atoms with Gasteiger partial charge in [0.1, 0.15) is 5.76 Å². The molecule has 1 heterocycles. The van der Waals surface area contributed by atoms with Crippen molar-refractivity contribution >= 4 is 10.0 Å². The van der Waals surface area contributed by atoms with Crippen LogP contribution >= 0.6 is 0 Å². The van der Waals surface area contributed by atoms with Gasteiger partial charge >= 0.3 is 0 Å². The molecule has 2 rings (SSSR count). The van der Waals surface area contributed by atoms with E-state index in [9.17, 15) is 8.42 Å². The predicted molar refractivity (Wildman–Crippen MR) is 82.5 cm³/mol. The molecule has 0 atom stereocenters. The minimum Gasteiger partial charge on any atom is -0.447 e. The van der Waals surface area contributed by atoms with E-state index in [1.54, 1.807) is 19.2 Å². The molecule has 120 valence electrons. The van der Waals surface area contributed by atoms with Crippen LogP contribution in [-0.4, -0.2) is 32.4 Å². The molecule has 0 amide bonds. The molecule has 0 unspecified atom stereocenters. The molecule has 5 nitrogen and oxygen atoms in total. The molecule has 0 aliphatic heterocycles. The van der Waals surface area contributed by atoms with Gasteiger partial charge in [-0.15, -0.1) is 0 Å². The molecule has 1 N–H and O–H groups in total. The third-order valence-corrected chi connectivity index (χ3v) is 5.75. The average molecular weight is 314 g/mol. The smallest absolute Gasteiger partial charge is 0.276 e. The van der Waals surface area contributed by atoms with Crippen LogP contribution in [-0.2, 0) is 16.6 Å². The van der Waals surface area contributed by atoms with E-state index in [1.165, 1.54) is 4.31 Å². The van der Waals surface area contributed by atoms with E-state index in [-0.39, 0.29) is 11.1 Å². The number of nitrogens with zero attached hydrogens (tertiary/aromatic N) is 1. The minimum atomic E-state index is -3.50. The summed E-state index contributed by atoms with van der Waals surface area (Å²) in [5, 5.41) is 3.30. The van der Waals surface area contributed by atoms with Gasteiger partial charge in [-0.05, 0) is 37.4 Å². The summed E-state index contributed by atoms with van der Waals surface area (Å²) in [6.07, 6.45) is 4.10. The Bertz CT molecular complexity index is 545. The van der Waals surface area contributed by atoms with E-state index < -0.39 is 10.0 Å². The van der Waals surface area contributed by atoms with E-state index in [1.807, 2.05) is 0 Å². The summed E-state index contributed by atoms with van der Waals surface area (Å²) in [7, 11) is -1.85. The second kappa shape index (κ2) is 6.94. The maximum Gasteiger partial charge on any atom is 0.276 e. The predicted octanol–water partition coefficient (Wildman–Crippen LogP) is 2.59. The van der Waals surface area contributed by atoms with Crippen LogP contribution in [0.4, 0.5) is 0 Å². The molecular formula is C15H26N2O3S. The Hall–Kier alpha value is -0.850. The first kappa shape index (κ1) is 16.5. The van der Waals surface area contributed by atoms with E-state index in [2.05, 4.69) is 19.2 Å². The molecular weight excluding hydrogens is 288 g/mol. The van der Waals surface area contributed by atoms with Crippen molar-refractivity contribution in [1.29, 1.82) is 0 Å². The monoisotopic (exact) mass is 314 g/mol. The standard InChI is InChI=1S/C15H26N2O3S/c1-12(2)10-16-11-14-8-9-15(20-14)21(18,19)17(3)13-6-4-5-7-13/h8-9,12-13,16H,4-7,10-11H2,1-3H3. The first-order chi connectivity index (χ1) is 9.91. The zero-order valence-electron chi connectivity index (χ0n) is 13.1. The van der Waals surface area contributed by atoms with Crippen LogP contribution in [0.5, 0.6) is 0 Å². The van der Waals surface area contributed by atoms with Crippen molar-refractivity contribution < 1.29 is 12.8 Å². The summed E-state index contributed by atoms with van der Waals surface area (Å²) < 4.78 is 32.0. The first-order valence-corrected chi connectivity index (χ1v) is 9.12. The van der Waals surface area contributed by atoms with Gasteiger partial charge in [-0.1, -0.05) is 26.7 Å². The quantitative estimate of drug-likeness (QED) is 0.840. The zero-order chi connectivity index (χ0) is 15.5. The fraction of sp³-hybridized carbons (Fsp3) is 0.733. The van der Waals surface area contributed by atoms with Crippen molar-refractivity contribution in [3.05, 3.63) is 17.9 Å². The lowest BCUT2D eigenvalue weighted by Crippen LogP contribution is -2.34. The van der Waals surface area contributed by atoms with Crippen molar-refractivity contribution in [3.63, 3.8) is 0 Å². The largest absolute Gasteiger partial charge is 0.447 e. The minimum absolute atomic E-state index is 0.0539. The van der Waals surface area contributed by atoms with Crippen LogP contribution in [0.25, 0.3) is 0 Å².